The van der Waals surface area contributed by atoms with Crippen LogP contribution in [0.2, 0.25) is 5.02 Å². The maximum Gasteiger partial charge on any atom is 0.312 e. The summed E-state index contributed by atoms with van der Waals surface area (Å²) in [6.45, 7) is 3.44. The molecule has 2 amide bonds. The number of nitrogens with two attached hydrogens (primary N) is 1. The van der Waals surface area contributed by atoms with E-state index in [1.54, 1.807) is 30.3 Å². The number of primary amides is 1. The number of Topliss-reactive ketones (excluding diaryl/α,β-unsaturated/α-hetero) is 1. The van der Waals surface area contributed by atoms with E-state index in [2.05, 4.69) is 5.32 Å². The number of hydrogen-bond acceptors (Lipinski definition) is 6. The van der Waals surface area contributed by atoms with E-state index in [0.29, 0.717) is 33.3 Å². The number of carbonyl (C=O) groups is 3. The molecule has 0 bridgehead atoms. The van der Waals surface area contributed by atoms with Crippen molar-refractivity contribution in [1.82, 2.24) is 9.88 Å². The Labute approximate surface area is 206 Å². The van der Waals surface area contributed by atoms with Gasteiger partial charge in [-0.3, -0.25) is 9.59 Å². The molecule has 1 aliphatic rings. The van der Waals surface area contributed by atoms with Crippen molar-refractivity contribution >= 4 is 29.4 Å². The van der Waals surface area contributed by atoms with E-state index in [4.69, 9.17) is 31.5 Å². The van der Waals surface area contributed by atoms with Gasteiger partial charge in [-0.1, -0.05) is 23.7 Å². The molecule has 1 aliphatic heterocycles. The highest BCUT2D eigenvalue weighted by Crippen LogP contribution is 2.35. The van der Waals surface area contributed by atoms with Crippen molar-refractivity contribution in [3.63, 3.8) is 0 Å². The number of aromatic nitrogens is 1. The fourth-order valence-corrected chi connectivity index (χ4v) is 4.16. The summed E-state index contributed by atoms with van der Waals surface area (Å²) in [6, 6.07) is 12.4. The zero-order valence-corrected chi connectivity index (χ0v) is 19.9. The molecule has 35 heavy (non-hydrogen) atoms. The maximum absolute atomic E-state index is 12.9. The zero-order chi connectivity index (χ0) is 25.1. The predicted octanol–water partition coefficient (Wildman–Crippen LogP) is 4.00. The number of benzene rings is 2. The highest BCUT2D eigenvalue weighted by atomic mass is 35.5. The third-order valence-electron chi connectivity index (χ3n) is 5.67. The molecule has 2 aromatic carbocycles. The first-order chi connectivity index (χ1) is 16.7. The second-order valence-corrected chi connectivity index (χ2v) is 8.49. The lowest BCUT2D eigenvalue weighted by atomic mass is 10.0. The van der Waals surface area contributed by atoms with Crippen molar-refractivity contribution in [2.45, 2.75) is 26.3 Å². The Bertz CT molecular complexity index is 1290. The van der Waals surface area contributed by atoms with Gasteiger partial charge in [0.15, 0.2) is 18.1 Å². The minimum Gasteiger partial charge on any atom is -0.457 e. The fourth-order valence-electron chi connectivity index (χ4n) is 4.04. The van der Waals surface area contributed by atoms with Gasteiger partial charge < -0.3 is 29.8 Å². The average molecular weight is 498 g/mol. The lowest BCUT2D eigenvalue weighted by Crippen LogP contribution is -2.34. The summed E-state index contributed by atoms with van der Waals surface area (Å²) in [5.41, 5.74) is 8.68. The number of halogens is 1. The Balaban J connectivity index is 1.43. The molecule has 4 rings (SSSR count). The molecule has 10 heteroatoms. The topological polar surface area (TPSA) is 122 Å². The Morgan fingerprint density at radius 1 is 1.09 bits per heavy atom. The van der Waals surface area contributed by atoms with Crippen molar-refractivity contribution in [2.75, 3.05) is 13.4 Å². The fraction of sp³-hybridized carbons (Fsp3) is 0.240. The van der Waals surface area contributed by atoms with Gasteiger partial charge in [0.05, 0.1) is 12.5 Å². The van der Waals surface area contributed by atoms with Crippen LogP contribution in [0.15, 0.2) is 48.5 Å². The molecule has 0 spiro atoms. The summed E-state index contributed by atoms with van der Waals surface area (Å²) >= 11 is 5.91. The molecular weight excluding hydrogens is 474 g/mol. The number of fused-ring (bicyclic) bond motifs is 1. The lowest BCUT2D eigenvalue weighted by Gasteiger charge is -2.17. The number of esters is 1. The maximum atomic E-state index is 12.9. The Hall–Kier alpha value is -3.98. The molecule has 182 valence electrons. The molecule has 1 aromatic heterocycles. The lowest BCUT2D eigenvalue weighted by molar-refractivity contribution is -0.143. The van der Waals surface area contributed by atoms with Crippen LogP contribution in [0.4, 0.5) is 4.79 Å². The van der Waals surface area contributed by atoms with Crippen LogP contribution in [0.3, 0.4) is 0 Å². The molecule has 9 nitrogen and oxygen atoms in total. The molecular formula is C25H24ClN3O6. The summed E-state index contributed by atoms with van der Waals surface area (Å²) in [4.78, 5) is 36.8. The first-order valence-electron chi connectivity index (χ1n) is 10.8. The molecule has 2 heterocycles. The van der Waals surface area contributed by atoms with Crippen LogP contribution < -0.4 is 20.5 Å². The number of hydrogen-bond donors (Lipinski definition) is 2. The molecule has 0 aliphatic carbocycles. The predicted molar refractivity (Wildman–Crippen MR) is 128 cm³/mol. The number of rotatable bonds is 8. The van der Waals surface area contributed by atoms with Gasteiger partial charge in [-0.25, -0.2) is 4.79 Å². The number of ether oxygens (including phenoxy) is 3. The van der Waals surface area contributed by atoms with E-state index in [-0.39, 0.29) is 19.0 Å². The summed E-state index contributed by atoms with van der Waals surface area (Å²) < 4.78 is 18.0. The summed E-state index contributed by atoms with van der Waals surface area (Å²) in [6.07, 6.45) is -0.200. The molecule has 0 radical (unpaired) electrons. The number of amides is 2. The summed E-state index contributed by atoms with van der Waals surface area (Å²) in [5, 5.41) is 3.02. The van der Waals surface area contributed by atoms with Crippen LogP contribution >= 0.6 is 11.6 Å². The molecule has 1 atom stereocenters. The molecule has 3 aromatic rings. The first-order valence-corrected chi connectivity index (χ1v) is 11.2. The number of nitrogens with zero attached hydrogens (tertiary/aromatic N) is 1. The number of nitrogens with one attached hydrogen (secondary N) is 1. The van der Waals surface area contributed by atoms with Gasteiger partial charge in [0.2, 0.25) is 12.6 Å². The number of ketones is 1. The number of carbonyl (C=O) groups excluding carboxylic acids is 3. The van der Waals surface area contributed by atoms with E-state index in [9.17, 15) is 14.4 Å². The first kappa shape index (κ1) is 24.2. The molecule has 0 fully saturated rings. The largest absolute Gasteiger partial charge is 0.457 e. The average Bonchev–Trinajstić information content (AvgIpc) is 3.40. The van der Waals surface area contributed by atoms with Gasteiger partial charge in [-0.15, -0.1) is 0 Å². The van der Waals surface area contributed by atoms with E-state index in [1.807, 2.05) is 36.6 Å². The van der Waals surface area contributed by atoms with E-state index in [1.165, 1.54) is 0 Å². The van der Waals surface area contributed by atoms with Crippen LogP contribution in [0.5, 0.6) is 11.5 Å². The van der Waals surface area contributed by atoms with Crippen molar-refractivity contribution in [3.05, 3.63) is 76.1 Å². The quantitative estimate of drug-likeness (QED) is 0.358. The Morgan fingerprint density at radius 3 is 2.51 bits per heavy atom. The monoisotopic (exact) mass is 497 g/mol. The van der Waals surface area contributed by atoms with Gasteiger partial charge in [0.1, 0.15) is 0 Å². The van der Waals surface area contributed by atoms with Crippen LogP contribution in [0.1, 0.15) is 39.8 Å². The molecule has 0 saturated carbocycles. The summed E-state index contributed by atoms with van der Waals surface area (Å²) in [5.74, 6) is 0.305. The SMILES string of the molecule is Cc1cc(C(=O)COC(=O)C[C@@H](NC(N)=O)c2ccc(Cl)cc2)c(C)n1-c1ccc2c(c1)OCO2. The second-order valence-electron chi connectivity index (χ2n) is 8.06. The van der Waals surface area contributed by atoms with Gasteiger partial charge in [0, 0.05) is 33.7 Å². The van der Waals surface area contributed by atoms with Crippen molar-refractivity contribution in [3.8, 4) is 17.2 Å². The van der Waals surface area contributed by atoms with Crippen molar-refractivity contribution in [1.29, 1.82) is 0 Å². The second kappa shape index (κ2) is 10.1. The Kier molecular flexibility index (Phi) is 6.97. The van der Waals surface area contributed by atoms with Crippen molar-refractivity contribution < 1.29 is 28.6 Å². The highest BCUT2D eigenvalue weighted by molar-refractivity contribution is 6.30. The number of urea groups is 1. The molecule has 3 N–H and O–H groups in total. The van der Waals surface area contributed by atoms with Crippen LogP contribution in [0.25, 0.3) is 5.69 Å². The minimum absolute atomic E-state index is 0.172. The van der Waals surface area contributed by atoms with Crippen LogP contribution in [0, 0.1) is 13.8 Å². The van der Waals surface area contributed by atoms with E-state index in [0.717, 1.165) is 11.4 Å². The van der Waals surface area contributed by atoms with Crippen molar-refractivity contribution in [2.24, 2.45) is 5.73 Å². The van der Waals surface area contributed by atoms with Gasteiger partial charge in [0.25, 0.3) is 0 Å². The normalized spacial score (nSPS) is 12.8. The molecule has 0 saturated heterocycles. The Morgan fingerprint density at radius 2 is 1.80 bits per heavy atom. The minimum atomic E-state index is -0.787. The van der Waals surface area contributed by atoms with Crippen LogP contribution in [-0.4, -0.2) is 35.8 Å². The highest BCUT2D eigenvalue weighted by Gasteiger charge is 2.22. The molecule has 0 unspecified atom stereocenters. The van der Waals surface area contributed by atoms with E-state index >= 15 is 0 Å². The van der Waals surface area contributed by atoms with Crippen LogP contribution in [-0.2, 0) is 9.53 Å². The van der Waals surface area contributed by atoms with E-state index < -0.39 is 24.6 Å². The smallest absolute Gasteiger partial charge is 0.312 e. The number of aryl methyl sites for hydroxylation is 1. The summed E-state index contributed by atoms with van der Waals surface area (Å²) in [7, 11) is 0. The third kappa shape index (κ3) is 5.41. The van der Waals surface area contributed by atoms with Gasteiger partial charge in [-0.05, 0) is 49.7 Å². The van der Waals surface area contributed by atoms with Gasteiger partial charge >= 0.3 is 12.0 Å². The van der Waals surface area contributed by atoms with Gasteiger partial charge in [-0.2, -0.15) is 0 Å². The standard InChI is InChI=1S/C25H24ClN3O6/c1-14-9-19(15(2)29(14)18-7-8-22-23(10-18)35-13-34-22)21(30)12-33-24(31)11-20(28-25(27)32)16-3-5-17(26)6-4-16/h3-10,20H,11-13H2,1-2H3,(H3,27,28,32)/t20-/m1/s1. The zero-order valence-electron chi connectivity index (χ0n) is 19.2. The third-order valence-corrected chi connectivity index (χ3v) is 5.92.